The third-order valence-corrected chi connectivity index (χ3v) is 3.83. The van der Waals surface area contributed by atoms with Crippen molar-refractivity contribution in [1.82, 2.24) is 10.2 Å². The first-order chi connectivity index (χ1) is 10.8. The van der Waals surface area contributed by atoms with Gasteiger partial charge in [-0.3, -0.25) is 4.90 Å². The highest BCUT2D eigenvalue weighted by Crippen LogP contribution is 2.16. The Labute approximate surface area is 138 Å². The topological polar surface area (TPSA) is 24.5 Å². The van der Waals surface area contributed by atoms with Crippen molar-refractivity contribution in [3.63, 3.8) is 0 Å². The lowest BCUT2D eigenvalue weighted by atomic mass is 10.2. The highest BCUT2D eigenvalue weighted by molar-refractivity contribution is 5.28. The number of nitrogens with zero attached hydrogens (tertiary/aromatic N) is 1. The van der Waals surface area contributed by atoms with E-state index in [1.807, 2.05) is 18.2 Å². The highest BCUT2D eigenvalue weighted by Gasteiger charge is 2.09. The smallest absolute Gasteiger partial charge is 0.123 e. The van der Waals surface area contributed by atoms with Gasteiger partial charge in [0.15, 0.2) is 0 Å². The Balaban J connectivity index is 0.00000192. The van der Waals surface area contributed by atoms with E-state index < -0.39 is 0 Å². The fraction of sp³-hybridized carbons (Fsp3) is 0.368. The van der Waals surface area contributed by atoms with Crippen molar-refractivity contribution < 1.29 is 9.13 Å². The SMILES string of the molecule is C.Fc1cccc(COc2ccc(CN3CCNCC3)cc2)c1. The summed E-state index contributed by atoms with van der Waals surface area (Å²) in [7, 11) is 0. The molecule has 0 spiro atoms. The number of benzene rings is 2. The summed E-state index contributed by atoms with van der Waals surface area (Å²) in [6, 6.07) is 14.7. The molecule has 1 N–H and O–H groups in total. The number of hydrogen-bond donors (Lipinski definition) is 1. The van der Waals surface area contributed by atoms with Gasteiger partial charge in [-0.05, 0) is 35.4 Å². The molecule has 2 aromatic carbocycles. The van der Waals surface area contributed by atoms with Gasteiger partial charge in [-0.25, -0.2) is 4.39 Å². The minimum atomic E-state index is -0.229. The molecule has 0 aromatic heterocycles. The van der Waals surface area contributed by atoms with Crippen LogP contribution < -0.4 is 10.1 Å². The molecule has 0 unspecified atom stereocenters. The van der Waals surface area contributed by atoms with Crippen LogP contribution in [0.5, 0.6) is 5.75 Å². The molecule has 4 heteroatoms. The van der Waals surface area contributed by atoms with Gasteiger partial charge in [0.2, 0.25) is 0 Å². The van der Waals surface area contributed by atoms with Crippen molar-refractivity contribution in [3.05, 3.63) is 65.5 Å². The van der Waals surface area contributed by atoms with Crippen LogP contribution in [0.1, 0.15) is 18.6 Å². The summed E-state index contributed by atoms with van der Waals surface area (Å²) in [6.45, 7) is 5.68. The summed E-state index contributed by atoms with van der Waals surface area (Å²) in [4.78, 5) is 2.44. The number of nitrogens with one attached hydrogen (secondary N) is 1. The largest absolute Gasteiger partial charge is 0.489 e. The molecule has 1 saturated heterocycles. The molecule has 0 saturated carbocycles. The van der Waals surface area contributed by atoms with E-state index >= 15 is 0 Å². The first-order valence-corrected chi connectivity index (χ1v) is 7.69. The van der Waals surface area contributed by atoms with Gasteiger partial charge in [0.1, 0.15) is 18.2 Å². The molecule has 1 heterocycles. The van der Waals surface area contributed by atoms with E-state index in [1.54, 1.807) is 6.07 Å². The summed E-state index contributed by atoms with van der Waals surface area (Å²) in [6.07, 6.45) is 0. The quantitative estimate of drug-likeness (QED) is 0.914. The minimum absolute atomic E-state index is 0. The second kappa shape index (κ2) is 8.65. The summed E-state index contributed by atoms with van der Waals surface area (Å²) >= 11 is 0. The van der Waals surface area contributed by atoms with Crippen molar-refractivity contribution in [2.45, 2.75) is 20.6 Å². The standard InChI is InChI=1S/C18H21FN2O.CH4/c19-17-3-1-2-16(12-17)14-22-18-6-4-15(5-7-18)13-21-10-8-20-9-11-21;/h1-7,12,20H,8-11,13-14H2;1H4. The molecule has 124 valence electrons. The normalized spacial score (nSPS) is 15.0. The van der Waals surface area contributed by atoms with Crippen molar-refractivity contribution in [2.24, 2.45) is 0 Å². The van der Waals surface area contributed by atoms with E-state index in [-0.39, 0.29) is 13.2 Å². The van der Waals surface area contributed by atoms with E-state index in [0.717, 1.165) is 44.0 Å². The zero-order valence-electron chi connectivity index (χ0n) is 12.6. The third kappa shape index (κ3) is 5.34. The maximum absolute atomic E-state index is 13.1. The van der Waals surface area contributed by atoms with Crippen LogP contribution in [0.2, 0.25) is 0 Å². The van der Waals surface area contributed by atoms with Gasteiger partial charge in [0, 0.05) is 32.7 Å². The molecule has 1 fully saturated rings. The van der Waals surface area contributed by atoms with E-state index in [1.165, 1.54) is 17.7 Å². The van der Waals surface area contributed by atoms with Gasteiger partial charge in [-0.2, -0.15) is 0 Å². The molecule has 1 aliphatic rings. The minimum Gasteiger partial charge on any atom is -0.489 e. The van der Waals surface area contributed by atoms with Crippen LogP contribution >= 0.6 is 0 Å². The first kappa shape index (κ1) is 17.4. The average Bonchev–Trinajstić information content (AvgIpc) is 2.55. The second-order valence-electron chi connectivity index (χ2n) is 5.59. The van der Waals surface area contributed by atoms with Gasteiger partial charge >= 0.3 is 0 Å². The zero-order valence-corrected chi connectivity index (χ0v) is 12.6. The Kier molecular flexibility index (Phi) is 6.56. The molecule has 0 amide bonds. The van der Waals surface area contributed by atoms with Crippen LogP contribution in [-0.4, -0.2) is 31.1 Å². The average molecular weight is 316 g/mol. The Morgan fingerprint density at radius 2 is 1.74 bits per heavy atom. The molecule has 0 atom stereocenters. The van der Waals surface area contributed by atoms with Gasteiger partial charge in [0.25, 0.3) is 0 Å². The Morgan fingerprint density at radius 3 is 2.43 bits per heavy atom. The summed E-state index contributed by atoms with van der Waals surface area (Å²) in [5.74, 6) is 0.584. The second-order valence-corrected chi connectivity index (χ2v) is 5.59. The number of halogens is 1. The maximum Gasteiger partial charge on any atom is 0.123 e. The predicted molar refractivity (Wildman–Crippen MR) is 92.1 cm³/mol. The predicted octanol–water partition coefficient (Wildman–Crippen LogP) is 3.45. The van der Waals surface area contributed by atoms with Crippen LogP contribution in [-0.2, 0) is 13.2 Å². The maximum atomic E-state index is 13.1. The molecule has 3 rings (SSSR count). The van der Waals surface area contributed by atoms with Crippen molar-refractivity contribution in [1.29, 1.82) is 0 Å². The van der Waals surface area contributed by atoms with E-state index in [9.17, 15) is 4.39 Å². The van der Waals surface area contributed by atoms with Crippen LogP contribution in [0.15, 0.2) is 48.5 Å². The number of hydrogen-bond acceptors (Lipinski definition) is 3. The zero-order chi connectivity index (χ0) is 15.2. The molecule has 1 aliphatic heterocycles. The first-order valence-electron chi connectivity index (χ1n) is 7.69. The summed E-state index contributed by atoms with van der Waals surface area (Å²) < 4.78 is 18.8. The Morgan fingerprint density at radius 1 is 1.00 bits per heavy atom. The molecule has 23 heavy (non-hydrogen) atoms. The summed E-state index contributed by atoms with van der Waals surface area (Å²) in [5, 5.41) is 3.36. The van der Waals surface area contributed by atoms with Crippen molar-refractivity contribution >= 4 is 0 Å². The van der Waals surface area contributed by atoms with Gasteiger partial charge < -0.3 is 10.1 Å². The molecule has 0 radical (unpaired) electrons. The number of piperazine rings is 1. The molecular formula is C19H25FN2O. The fourth-order valence-electron chi connectivity index (χ4n) is 2.61. The van der Waals surface area contributed by atoms with E-state index in [2.05, 4.69) is 22.3 Å². The van der Waals surface area contributed by atoms with Crippen LogP contribution in [0, 0.1) is 5.82 Å². The molecule has 3 nitrogen and oxygen atoms in total. The fourth-order valence-corrected chi connectivity index (χ4v) is 2.61. The third-order valence-electron chi connectivity index (χ3n) is 3.83. The van der Waals surface area contributed by atoms with Crippen molar-refractivity contribution in [2.75, 3.05) is 26.2 Å². The number of ether oxygens (including phenoxy) is 1. The highest BCUT2D eigenvalue weighted by atomic mass is 19.1. The Hall–Kier alpha value is -1.91. The van der Waals surface area contributed by atoms with Gasteiger partial charge in [0.05, 0.1) is 0 Å². The van der Waals surface area contributed by atoms with Crippen molar-refractivity contribution in [3.8, 4) is 5.75 Å². The van der Waals surface area contributed by atoms with Gasteiger partial charge in [-0.15, -0.1) is 0 Å². The Bertz CT molecular complexity index is 595. The lowest BCUT2D eigenvalue weighted by molar-refractivity contribution is 0.233. The lowest BCUT2D eigenvalue weighted by Gasteiger charge is -2.27. The monoisotopic (exact) mass is 316 g/mol. The number of rotatable bonds is 5. The van der Waals surface area contributed by atoms with Gasteiger partial charge in [-0.1, -0.05) is 31.7 Å². The summed E-state index contributed by atoms with van der Waals surface area (Å²) in [5.41, 5.74) is 2.13. The molecule has 0 bridgehead atoms. The van der Waals surface area contributed by atoms with E-state index in [0.29, 0.717) is 6.61 Å². The lowest BCUT2D eigenvalue weighted by Crippen LogP contribution is -2.42. The molecule has 0 aliphatic carbocycles. The molecule has 2 aromatic rings. The van der Waals surface area contributed by atoms with Crippen LogP contribution in [0.4, 0.5) is 4.39 Å². The van der Waals surface area contributed by atoms with Crippen LogP contribution in [0.25, 0.3) is 0 Å². The van der Waals surface area contributed by atoms with E-state index in [4.69, 9.17) is 4.74 Å². The van der Waals surface area contributed by atoms with Crippen LogP contribution in [0.3, 0.4) is 0 Å². The molecular weight excluding hydrogens is 291 g/mol.